The predicted octanol–water partition coefficient (Wildman–Crippen LogP) is 3.06. The summed E-state index contributed by atoms with van der Waals surface area (Å²) in [6, 6.07) is 12.1. The molecule has 0 spiro atoms. The number of piperidine rings is 1. The fourth-order valence-electron chi connectivity index (χ4n) is 3.26. The van der Waals surface area contributed by atoms with Crippen molar-refractivity contribution in [2.45, 2.75) is 25.8 Å². The molecule has 1 saturated heterocycles. The first kappa shape index (κ1) is 19.0. The van der Waals surface area contributed by atoms with Crippen LogP contribution >= 0.6 is 0 Å². The van der Waals surface area contributed by atoms with Crippen LogP contribution in [0, 0.1) is 17.6 Å². The van der Waals surface area contributed by atoms with Crippen LogP contribution in [-0.4, -0.2) is 29.8 Å². The van der Waals surface area contributed by atoms with Crippen LogP contribution in [0.5, 0.6) is 0 Å². The van der Waals surface area contributed by atoms with Gasteiger partial charge in [-0.2, -0.15) is 0 Å². The van der Waals surface area contributed by atoms with E-state index in [1.54, 1.807) is 29.2 Å². The topological polar surface area (TPSA) is 49.4 Å². The number of nitrogens with one attached hydrogen (secondary N) is 1. The number of hydrogen-bond acceptors (Lipinski definition) is 2. The molecule has 2 amide bonds. The number of nitrogens with zero attached hydrogens (tertiary/aromatic N) is 1. The molecule has 0 aromatic heterocycles. The molecule has 1 N–H and O–H groups in total. The van der Waals surface area contributed by atoms with Crippen LogP contribution < -0.4 is 5.32 Å². The molecule has 0 saturated carbocycles. The molecule has 4 nitrogen and oxygen atoms in total. The lowest BCUT2D eigenvalue weighted by Crippen LogP contribution is -2.43. The van der Waals surface area contributed by atoms with Crippen molar-refractivity contribution in [2.24, 2.45) is 5.92 Å². The predicted molar refractivity (Wildman–Crippen MR) is 97.7 cm³/mol. The van der Waals surface area contributed by atoms with Crippen LogP contribution in [-0.2, 0) is 22.6 Å². The molecule has 2 aromatic carbocycles. The molecule has 6 heteroatoms. The van der Waals surface area contributed by atoms with Gasteiger partial charge >= 0.3 is 0 Å². The first-order valence-corrected chi connectivity index (χ1v) is 9.05. The number of halogens is 2. The maximum Gasteiger partial charge on any atom is 0.226 e. The van der Waals surface area contributed by atoms with Crippen molar-refractivity contribution in [1.29, 1.82) is 0 Å². The van der Waals surface area contributed by atoms with Gasteiger partial charge in [0.05, 0.1) is 6.42 Å². The van der Waals surface area contributed by atoms with Crippen molar-refractivity contribution >= 4 is 11.8 Å². The Morgan fingerprint density at radius 2 is 1.67 bits per heavy atom. The second kappa shape index (κ2) is 8.75. The van der Waals surface area contributed by atoms with Crippen molar-refractivity contribution in [3.05, 3.63) is 71.3 Å². The second-order valence-corrected chi connectivity index (χ2v) is 6.81. The third-order valence-corrected chi connectivity index (χ3v) is 4.84. The van der Waals surface area contributed by atoms with Gasteiger partial charge in [0.1, 0.15) is 11.6 Å². The molecular formula is C21H22F2N2O2. The van der Waals surface area contributed by atoms with E-state index in [0.717, 1.165) is 5.56 Å². The van der Waals surface area contributed by atoms with Crippen molar-refractivity contribution in [3.63, 3.8) is 0 Å². The normalized spacial score (nSPS) is 14.8. The fourth-order valence-corrected chi connectivity index (χ4v) is 3.26. The molecule has 1 aliphatic rings. The highest BCUT2D eigenvalue weighted by molar-refractivity contribution is 5.81. The summed E-state index contributed by atoms with van der Waals surface area (Å²) in [4.78, 5) is 26.4. The van der Waals surface area contributed by atoms with Gasteiger partial charge in [-0.05, 0) is 48.2 Å². The minimum atomic E-state index is -0.350. The number of amides is 2. The molecule has 27 heavy (non-hydrogen) atoms. The molecule has 1 aliphatic heterocycles. The SMILES string of the molecule is O=C(NCc1ccc(F)cc1)C1CCN(C(=O)Cc2cccc(F)c2)CC1. The van der Waals surface area contributed by atoms with Gasteiger partial charge in [0.15, 0.2) is 0 Å². The van der Waals surface area contributed by atoms with E-state index in [-0.39, 0.29) is 35.8 Å². The zero-order valence-corrected chi connectivity index (χ0v) is 15.0. The lowest BCUT2D eigenvalue weighted by molar-refractivity contribution is -0.135. The van der Waals surface area contributed by atoms with Crippen LogP contribution in [0.25, 0.3) is 0 Å². The number of likely N-dealkylation sites (tertiary alicyclic amines) is 1. The summed E-state index contributed by atoms with van der Waals surface area (Å²) in [6.07, 6.45) is 1.37. The summed E-state index contributed by atoms with van der Waals surface area (Å²) in [6.45, 7) is 1.39. The van der Waals surface area contributed by atoms with Crippen molar-refractivity contribution in [1.82, 2.24) is 10.2 Å². The molecule has 3 rings (SSSR count). The van der Waals surface area contributed by atoms with Gasteiger partial charge in [-0.15, -0.1) is 0 Å². The molecule has 0 bridgehead atoms. The van der Waals surface area contributed by atoms with Crippen molar-refractivity contribution in [3.8, 4) is 0 Å². The molecule has 0 aliphatic carbocycles. The summed E-state index contributed by atoms with van der Waals surface area (Å²) >= 11 is 0. The van der Waals surface area contributed by atoms with Gasteiger partial charge in [0.2, 0.25) is 11.8 Å². The van der Waals surface area contributed by atoms with Gasteiger partial charge in [0.25, 0.3) is 0 Å². The molecule has 142 valence electrons. The average Bonchev–Trinajstić information content (AvgIpc) is 2.67. The molecular weight excluding hydrogens is 350 g/mol. The molecule has 2 aromatic rings. The van der Waals surface area contributed by atoms with Gasteiger partial charge in [0, 0.05) is 25.6 Å². The maximum absolute atomic E-state index is 13.2. The van der Waals surface area contributed by atoms with Crippen LogP contribution in [0.2, 0.25) is 0 Å². The van der Waals surface area contributed by atoms with E-state index in [2.05, 4.69) is 5.32 Å². The first-order chi connectivity index (χ1) is 13.0. The number of carbonyl (C=O) groups excluding carboxylic acids is 2. The van der Waals surface area contributed by atoms with E-state index in [9.17, 15) is 18.4 Å². The molecule has 1 fully saturated rings. The lowest BCUT2D eigenvalue weighted by atomic mass is 9.95. The van der Waals surface area contributed by atoms with Crippen molar-refractivity contribution < 1.29 is 18.4 Å². The largest absolute Gasteiger partial charge is 0.352 e. The van der Waals surface area contributed by atoms with E-state index in [4.69, 9.17) is 0 Å². The highest BCUT2D eigenvalue weighted by atomic mass is 19.1. The quantitative estimate of drug-likeness (QED) is 0.877. The highest BCUT2D eigenvalue weighted by Crippen LogP contribution is 2.19. The Bertz CT molecular complexity index is 800. The van der Waals surface area contributed by atoms with E-state index in [0.29, 0.717) is 38.0 Å². The third-order valence-electron chi connectivity index (χ3n) is 4.84. The van der Waals surface area contributed by atoms with E-state index < -0.39 is 0 Å². The zero-order chi connectivity index (χ0) is 19.2. The Kier molecular flexibility index (Phi) is 6.16. The monoisotopic (exact) mass is 372 g/mol. The number of benzene rings is 2. The summed E-state index contributed by atoms with van der Waals surface area (Å²) in [5.74, 6) is -0.886. The van der Waals surface area contributed by atoms with Crippen LogP contribution in [0.1, 0.15) is 24.0 Å². The molecule has 0 radical (unpaired) electrons. The third kappa shape index (κ3) is 5.36. The van der Waals surface area contributed by atoms with Gasteiger partial charge in [-0.3, -0.25) is 9.59 Å². The van der Waals surface area contributed by atoms with Gasteiger partial charge < -0.3 is 10.2 Å². The summed E-state index contributed by atoms with van der Waals surface area (Å²) in [5, 5.41) is 2.87. The molecule has 0 unspecified atom stereocenters. The minimum Gasteiger partial charge on any atom is -0.352 e. The van der Waals surface area contributed by atoms with Gasteiger partial charge in [-0.1, -0.05) is 24.3 Å². The summed E-state index contributed by atoms with van der Waals surface area (Å²) in [7, 11) is 0. The smallest absolute Gasteiger partial charge is 0.226 e. The average molecular weight is 372 g/mol. The highest BCUT2D eigenvalue weighted by Gasteiger charge is 2.27. The van der Waals surface area contributed by atoms with E-state index in [1.807, 2.05) is 0 Å². The zero-order valence-electron chi connectivity index (χ0n) is 15.0. The standard InChI is InChI=1S/C21H22F2N2O2/c22-18-6-4-15(5-7-18)14-24-21(27)17-8-10-25(11-9-17)20(26)13-16-2-1-3-19(23)12-16/h1-7,12,17H,8-11,13-14H2,(H,24,27). The first-order valence-electron chi connectivity index (χ1n) is 9.05. The van der Waals surface area contributed by atoms with E-state index in [1.165, 1.54) is 24.3 Å². The lowest BCUT2D eigenvalue weighted by Gasteiger charge is -2.31. The van der Waals surface area contributed by atoms with Crippen LogP contribution in [0.3, 0.4) is 0 Å². The minimum absolute atomic E-state index is 0.0449. The Labute approximate surface area is 157 Å². The van der Waals surface area contributed by atoms with Gasteiger partial charge in [-0.25, -0.2) is 8.78 Å². The number of carbonyl (C=O) groups is 2. The fraction of sp³-hybridized carbons (Fsp3) is 0.333. The van der Waals surface area contributed by atoms with Crippen LogP contribution in [0.4, 0.5) is 8.78 Å². The second-order valence-electron chi connectivity index (χ2n) is 6.81. The maximum atomic E-state index is 13.2. The number of rotatable bonds is 5. The summed E-state index contributed by atoms with van der Waals surface area (Å²) in [5.41, 5.74) is 1.49. The Balaban J connectivity index is 1.44. The summed E-state index contributed by atoms with van der Waals surface area (Å²) < 4.78 is 26.1. The van der Waals surface area contributed by atoms with E-state index >= 15 is 0 Å². The van der Waals surface area contributed by atoms with Crippen LogP contribution in [0.15, 0.2) is 48.5 Å². The Morgan fingerprint density at radius 1 is 0.963 bits per heavy atom. The number of hydrogen-bond donors (Lipinski definition) is 1. The van der Waals surface area contributed by atoms with Crippen molar-refractivity contribution in [2.75, 3.05) is 13.1 Å². The Morgan fingerprint density at radius 3 is 2.33 bits per heavy atom. The molecule has 1 heterocycles. The Hall–Kier alpha value is -2.76. The molecule has 0 atom stereocenters.